The van der Waals surface area contributed by atoms with Gasteiger partial charge in [0.05, 0.1) is 8.07 Å². The third-order valence-corrected chi connectivity index (χ3v) is 11.2. The topological polar surface area (TPSA) is 63.4 Å². The van der Waals surface area contributed by atoms with E-state index in [9.17, 15) is 8.42 Å². The fourth-order valence-corrected chi connectivity index (χ4v) is 4.19. The molecule has 0 aliphatic carbocycles. The number of sulfonamides is 1. The molecule has 1 rings (SSSR count). The highest BCUT2D eigenvalue weighted by Crippen LogP contribution is 2.38. The summed E-state index contributed by atoms with van der Waals surface area (Å²) >= 11 is 0. The van der Waals surface area contributed by atoms with E-state index in [-0.39, 0.29) is 5.25 Å². The van der Waals surface area contributed by atoms with Crippen molar-refractivity contribution in [1.29, 1.82) is 0 Å². The van der Waals surface area contributed by atoms with Crippen LogP contribution in [0.4, 0.5) is 0 Å². The van der Waals surface area contributed by atoms with Crippen LogP contribution < -0.4 is 5.14 Å². The van der Waals surface area contributed by atoms with Gasteiger partial charge in [-0.3, -0.25) is 0 Å². The molecule has 0 atom stereocenters. The van der Waals surface area contributed by atoms with E-state index in [2.05, 4.69) is 38.8 Å². The van der Waals surface area contributed by atoms with Crippen molar-refractivity contribution in [2.75, 3.05) is 19.6 Å². The molecule has 6 heteroatoms. The molecule has 1 heterocycles. The summed E-state index contributed by atoms with van der Waals surface area (Å²) in [5.74, 6) is 0. The van der Waals surface area contributed by atoms with Crippen LogP contribution in [0.2, 0.25) is 24.2 Å². The van der Waals surface area contributed by atoms with E-state index in [1.54, 1.807) is 0 Å². The van der Waals surface area contributed by atoms with Crippen molar-refractivity contribution in [1.82, 2.24) is 4.90 Å². The molecule has 1 aliphatic rings. The quantitative estimate of drug-likeness (QED) is 0.792. The maximum absolute atomic E-state index is 11.1. The van der Waals surface area contributed by atoms with Crippen LogP contribution in [0.25, 0.3) is 0 Å². The second kappa shape index (κ2) is 4.64. The Balaban J connectivity index is 2.37. The zero-order valence-electron chi connectivity index (χ0n) is 11.7. The number of rotatable bonds is 4. The summed E-state index contributed by atoms with van der Waals surface area (Å²) < 4.78 is 22.2. The van der Waals surface area contributed by atoms with Crippen molar-refractivity contribution in [3.63, 3.8) is 0 Å². The van der Waals surface area contributed by atoms with Gasteiger partial charge in [-0.1, -0.05) is 33.9 Å². The zero-order valence-corrected chi connectivity index (χ0v) is 13.5. The molecule has 0 bridgehead atoms. The predicted molar refractivity (Wildman–Crippen MR) is 75.3 cm³/mol. The number of primary sulfonamides is 1. The molecule has 0 aromatic carbocycles. The molecule has 0 amide bonds. The molecule has 1 aliphatic heterocycles. The molecular weight excluding hydrogens is 252 g/mol. The number of nitrogens with two attached hydrogens (primary N) is 1. The van der Waals surface area contributed by atoms with E-state index in [4.69, 9.17) is 5.14 Å². The minimum atomic E-state index is -3.31. The lowest BCUT2D eigenvalue weighted by molar-refractivity contribution is 0.194. The van der Waals surface area contributed by atoms with Gasteiger partial charge < -0.3 is 4.90 Å². The Kier molecular flexibility index (Phi) is 4.14. The number of nitrogens with zero attached hydrogens (tertiary/aromatic N) is 1. The summed E-state index contributed by atoms with van der Waals surface area (Å²) in [6, 6.07) is 1.22. The summed E-state index contributed by atoms with van der Waals surface area (Å²) in [6.45, 7) is 14.0. The fourth-order valence-electron chi connectivity index (χ4n) is 1.73. The third kappa shape index (κ3) is 3.77. The lowest BCUT2D eigenvalue weighted by Gasteiger charge is -2.42. The van der Waals surface area contributed by atoms with Gasteiger partial charge in [0.1, 0.15) is 5.25 Å². The molecule has 0 unspecified atom stereocenters. The van der Waals surface area contributed by atoms with Gasteiger partial charge >= 0.3 is 0 Å². The molecule has 0 aromatic heterocycles. The van der Waals surface area contributed by atoms with Gasteiger partial charge in [-0.2, -0.15) is 0 Å². The van der Waals surface area contributed by atoms with Crippen LogP contribution in [0.1, 0.15) is 20.8 Å². The standard InChI is InChI=1S/C11H26N2O2SSi/c1-11(2,3)17(4,5)7-6-13-8-10(9-13)16(12,14)15/h10H,6-9H2,1-5H3,(H2,12,14,15). The molecule has 17 heavy (non-hydrogen) atoms. The van der Waals surface area contributed by atoms with Gasteiger partial charge in [-0.25, -0.2) is 13.6 Å². The summed E-state index contributed by atoms with van der Waals surface area (Å²) in [5, 5.41) is 5.18. The van der Waals surface area contributed by atoms with Crippen LogP contribution in [0.3, 0.4) is 0 Å². The van der Waals surface area contributed by atoms with E-state index < -0.39 is 18.1 Å². The molecular formula is C11H26N2O2SSi. The van der Waals surface area contributed by atoms with E-state index >= 15 is 0 Å². The molecule has 0 saturated carbocycles. The van der Waals surface area contributed by atoms with Crippen LogP contribution in [-0.4, -0.2) is 46.3 Å². The Labute approximate surface area is 107 Å². The average molecular weight is 278 g/mol. The van der Waals surface area contributed by atoms with Crippen molar-refractivity contribution in [2.45, 2.75) is 50.2 Å². The van der Waals surface area contributed by atoms with Gasteiger partial charge in [-0.05, 0) is 17.6 Å². The third-order valence-electron chi connectivity index (χ3n) is 4.47. The number of likely N-dealkylation sites (tertiary alicyclic amines) is 1. The monoisotopic (exact) mass is 278 g/mol. The van der Waals surface area contributed by atoms with Crippen LogP contribution >= 0.6 is 0 Å². The number of hydrogen-bond donors (Lipinski definition) is 1. The summed E-state index contributed by atoms with van der Waals surface area (Å²) in [5.41, 5.74) is 0. The summed E-state index contributed by atoms with van der Waals surface area (Å²) in [7, 11) is -4.55. The van der Waals surface area contributed by atoms with Gasteiger partial charge in [-0.15, -0.1) is 0 Å². The largest absolute Gasteiger partial charge is 0.301 e. The second-order valence-electron chi connectivity index (χ2n) is 6.85. The van der Waals surface area contributed by atoms with Crippen LogP contribution in [0, 0.1) is 0 Å². The Bertz CT molecular complexity index is 367. The molecule has 102 valence electrons. The van der Waals surface area contributed by atoms with E-state index in [0.717, 1.165) is 6.54 Å². The maximum Gasteiger partial charge on any atom is 0.214 e. The normalized spacial score (nSPS) is 20.4. The van der Waals surface area contributed by atoms with Crippen molar-refractivity contribution < 1.29 is 8.42 Å². The molecule has 2 N–H and O–H groups in total. The Hall–Kier alpha value is 0.0869. The minimum absolute atomic E-state index is 0.332. The van der Waals surface area contributed by atoms with Gasteiger partial charge in [0.25, 0.3) is 0 Å². The molecule has 1 fully saturated rings. The van der Waals surface area contributed by atoms with Crippen molar-refractivity contribution in [3.8, 4) is 0 Å². The molecule has 0 aromatic rings. The Morgan fingerprint density at radius 1 is 1.29 bits per heavy atom. The molecule has 4 nitrogen and oxygen atoms in total. The average Bonchev–Trinajstić information content (AvgIpc) is 1.95. The maximum atomic E-state index is 11.1. The van der Waals surface area contributed by atoms with Crippen molar-refractivity contribution >= 4 is 18.1 Å². The molecule has 0 radical (unpaired) electrons. The van der Waals surface area contributed by atoms with Crippen LogP contribution in [-0.2, 0) is 10.0 Å². The van der Waals surface area contributed by atoms with E-state index in [0.29, 0.717) is 18.1 Å². The lowest BCUT2D eigenvalue weighted by atomic mass is 10.2. The molecule has 0 spiro atoms. The zero-order chi connectivity index (χ0) is 13.5. The van der Waals surface area contributed by atoms with Crippen LogP contribution in [0.15, 0.2) is 0 Å². The van der Waals surface area contributed by atoms with Crippen molar-refractivity contribution in [3.05, 3.63) is 0 Å². The van der Waals surface area contributed by atoms with Gasteiger partial charge in [0, 0.05) is 13.1 Å². The first-order valence-corrected chi connectivity index (χ1v) is 11.0. The summed E-state index contributed by atoms with van der Waals surface area (Å²) in [4.78, 5) is 2.20. The fraction of sp³-hybridized carbons (Fsp3) is 1.00. The number of hydrogen-bond acceptors (Lipinski definition) is 3. The predicted octanol–water partition coefficient (Wildman–Crippen LogP) is 1.47. The second-order valence-corrected chi connectivity index (χ2v) is 14.5. The first-order chi connectivity index (χ1) is 7.43. The minimum Gasteiger partial charge on any atom is -0.301 e. The van der Waals surface area contributed by atoms with Gasteiger partial charge in [0.2, 0.25) is 10.0 Å². The highest BCUT2D eigenvalue weighted by molar-refractivity contribution is 7.89. The van der Waals surface area contributed by atoms with Crippen LogP contribution in [0.5, 0.6) is 0 Å². The summed E-state index contributed by atoms with van der Waals surface area (Å²) in [6.07, 6.45) is 0. The highest BCUT2D eigenvalue weighted by Gasteiger charge is 2.38. The molecule has 1 saturated heterocycles. The smallest absolute Gasteiger partial charge is 0.214 e. The first-order valence-electron chi connectivity index (χ1n) is 6.17. The van der Waals surface area contributed by atoms with Gasteiger partial charge in [0.15, 0.2) is 0 Å². The SMILES string of the molecule is CC(C)(C)[Si](C)(C)CCN1CC(S(N)(=O)=O)C1. The Morgan fingerprint density at radius 2 is 1.76 bits per heavy atom. The Morgan fingerprint density at radius 3 is 2.12 bits per heavy atom. The van der Waals surface area contributed by atoms with E-state index in [1.807, 2.05) is 0 Å². The highest BCUT2D eigenvalue weighted by atomic mass is 32.2. The van der Waals surface area contributed by atoms with E-state index in [1.165, 1.54) is 6.04 Å². The first kappa shape index (κ1) is 15.1. The lowest BCUT2D eigenvalue weighted by Crippen LogP contribution is -2.57. The van der Waals surface area contributed by atoms with Crippen molar-refractivity contribution in [2.24, 2.45) is 5.14 Å².